The summed E-state index contributed by atoms with van der Waals surface area (Å²) in [4.78, 5) is 16.4. The Bertz CT molecular complexity index is 1050. The molecule has 0 saturated heterocycles. The fraction of sp³-hybridized carbons (Fsp3) is 0.0500. The highest BCUT2D eigenvalue weighted by Gasteiger charge is 2.11. The van der Waals surface area contributed by atoms with Crippen molar-refractivity contribution in [1.82, 2.24) is 25.2 Å². The zero-order valence-corrected chi connectivity index (χ0v) is 14.7. The van der Waals surface area contributed by atoms with Crippen LogP contribution in [0.5, 0.6) is 11.5 Å². The number of nitrogens with zero attached hydrogens (tertiary/aromatic N) is 5. The van der Waals surface area contributed by atoms with Gasteiger partial charge in [-0.1, -0.05) is 18.2 Å². The summed E-state index contributed by atoms with van der Waals surface area (Å²) >= 11 is 0. The van der Waals surface area contributed by atoms with Gasteiger partial charge in [0.2, 0.25) is 0 Å². The third-order valence-electron chi connectivity index (χ3n) is 3.91. The highest BCUT2D eigenvalue weighted by Crippen LogP contribution is 2.25. The molecule has 0 spiro atoms. The molecule has 8 heteroatoms. The Morgan fingerprint density at radius 1 is 1.00 bits per heavy atom. The van der Waals surface area contributed by atoms with Crippen LogP contribution in [0.1, 0.15) is 15.9 Å². The average molecular weight is 373 g/mol. The first kappa shape index (κ1) is 17.3. The second-order valence-corrected chi connectivity index (χ2v) is 5.78. The zero-order valence-electron chi connectivity index (χ0n) is 14.7. The van der Waals surface area contributed by atoms with Crippen LogP contribution in [0.25, 0.3) is 5.69 Å². The molecule has 0 bridgehead atoms. The maximum absolute atomic E-state index is 12.4. The number of carbonyl (C=O) groups excluding carboxylic acids is 1. The van der Waals surface area contributed by atoms with E-state index in [9.17, 15) is 4.79 Å². The average Bonchev–Trinajstić information content (AvgIpc) is 3.29. The van der Waals surface area contributed by atoms with Gasteiger partial charge in [-0.05, 0) is 52.9 Å². The van der Waals surface area contributed by atoms with Crippen molar-refractivity contribution in [3.05, 3.63) is 90.5 Å². The second-order valence-electron chi connectivity index (χ2n) is 5.78. The Kier molecular flexibility index (Phi) is 5.01. The molecule has 28 heavy (non-hydrogen) atoms. The Labute approximate surface area is 160 Å². The van der Waals surface area contributed by atoms with Gasteiger partial charge in [0.1, 0.15) is 24.4 Å². The molecule has 2 heterocycles. The van der Waals surface area contributed by atoms with E-state index in [1.165, 1.54) is 11.0 Å². The number of hydrogen-bond acceptors (Lipinski definition) is 7. The predicted octanol–water partition coefficient (Wildman–Crippen LogP) is 3.21. The van der Waals surface area contributed by atoms with Gasteiger partial charge in [-0.25, -0.2) is 9.48 Å². The molecule has 8 nitrogen and oxygen atoms in total. The van der Waals surface area contributed by atoms with Crippen LogP contribution in [0.4, 0.5) is 0 Å². The number of hydrogen-bond donors (Lipinski definition) is 0. The van der Waals surface area contributed by atoms with Crippen molar-refractivity contribution in [2.24, 2.45) is 0 Å². The first-order valence-electron chi connectivity index (χ1n) is 8.46. The number of rotatable bonds is 6. The van der Waals surface area contributed by atoms with Gasteiger partial charge < -0.3 is 9.47 Å². The van der Waals surface area contributed by atoms with Gasteiger partial charge in [-0.15, -0.1) is 5.10 Å². The smallest absolute Gasteiger partial charge is 0.338 e. The lowest BCUT2D eigenvalue weighted by Gasteiger charge is -2.11. The van der Waals surface area contributed by atoms with E-state index in [4.69, 9.17) is 9.47 Å². The molecule has 0 radical (unpaired) electrons. The molecule has 0 aliphatic carbocycles. The molecule has 0 fully saturated rings. The predicted molar refractivity (Wildman–Crippen MR) is 99.0 cm³/mol. The Morgan fingerprint density at radius 3 is 2.61 bits per heavy atom. The monoisotopic (exact) mass is 373 g/mol. The molecule has 4 rings (SSSR count). The number of para-hydroxylation sites is 1. The summed E-state index contributed by atoms with van der Waals surface area (Å²) in [6.45, 7) is 0.0873. The van der Waals surface area contributed by atoms with E-state index in [1.807, 2.05) is 30.3 Å². The van der Waals surface area contributed by atoms with E-state index in [2.05, 4.69) is 20.5 Å². The van der Waals surface area contributed by atoms with Crippen molar-refractivity contribution in [2.75, 3.05) is 0 Å². The molecule has 4 aromatic rings. The second kappa shape index (κ2) is 8.09. The quantitative estimate of drug-likeness (QED) is 0.479. The highest BCUT2D eigenvalue weighted by atomic mass is 16.5. The molecule has 0 atom stereocenters. The fourth-order valence-electron chi connectivity index (χ4n) is 2.51. The van der Waals surface area contributed by atoms with Crippen molar-refractivity contribution >= 4 is 5.97 Å². The maximum atomic E-state index is 12.4. The van der Waals surface area contributed by atoms with Crippen LogP contribution in [0, 0.1) is 0 Å². The number of pyridine rings is 1. The van der Waals surface area contributed by atoms with Gasteiger partial charge in [-0.3, -0.25) is 4.98 Å². The summed E-state index contributed by atoms with van der Waals surface area (Å²) < 4.78 is 12.8. The third kappa shape index (κ3) is 4.01. The number of esters is 1. The van der Waals surface area contributed by atoms with E-state index >= 15 is 0 Å². The summed E-state index contributed by atoms with van der Waals surface area (Å²) in [7, 11) is 0. The SMILES string of the molecule is O=C(OCc1ccccc1Oc1cccnc1)c1ccc(-n2cnnn2)cc1. The Balaban J connectivity index is 1.42. The third-order valence-corrected chi connectivity index (χ3v) is 3.91. The molecular formula is C20H15N5O3. The molecule has 0 unspecified atom stereocenters. The highest BCUT2D eigenvalue weighted by molar-refractivity contribution is 5.89. The van der Waals surface area contributed by atoms with Crippen molar-refractivity contribution in [1.29, 1.82) is 0 Å². The largest absolute Gasteiger partial charge is 0.457 e. The van der Waals surface area contributed by atoms with Gasteiger partial charge in [0.25, 0.3) is 0 Å². The van der Waals surface area contributed by atoms with Crippen LogP contribution in [-0.4, -0.2) is 31.2 Å². The van der Waals surface area contributed by atoms with Gasteiger partial charge >= 0.3 is 5.97 Å². The molecule has 138 valence electrons. The molecule has 0 aliphatic rings. The Morgan fingerprint density at radius 2 is 1.86 bits per heavy atom. The number of carbonyl (C=O) groups is 1. The minimum absolute atomic E-state index is 0.0873. The van der Waals surface area contributed by atoms with E-state index in [0.717, 1.165) is 11.3 Å². The molecular weight excluding hydrogens is 358 g/mol. The lowest BCUT2D eigenvalue weighted by atomic mass is 10.2. The van der Waals surface area contributed by atoms with E-state index in [0.29, 0.717) is 17.1 Å². The zero-order chi connectivity index (χ0) is 19.2. The summed E-state index contributed by atoms with van der Waals surface area (Å²) in [6, 6.07) is 17.8. The summed E-state index contributed by atoms with van der Waals surface area (Å²) in [6.07, 6.45) is 4.77. The van der Waals surface area contributed by atoms with Gasteiger partial charge in [0.15, 0.2) is 0 Å². The lowest BCUT2D eigenvalue weighted by Crippen LogP contribution is -2.06. The molecule has 0 amide bonds. The Hall–Kier alpha value is -4.07. The standard InChI is InChI=1S/C20H15N5O3/c26-20(15-7-9-17(10-8-15)25-14-22-23-24-25)27-13-16-4-1-2-6-19(16)28-18-5-3-11-21-12-18/h1-12,14H,13H2. The molecule has 2 aromatic carbocycles. The van der Waals surface area contributed by atoms with Crippen LogP contribution in [0.15, 0.2) is 79.4 Å². The van der Waals surface area contributed by atoms with Crippen LogP contribution in [0.2, 0.25) is 0 Å². The summed E-state index contributed by atoms with van der Waals surface area (Å²) in [5, 5.41) is 11.0. The summed E-state index contributed by atoms with van der Waals surface area (Å²) in [5.41, 5.74) is 1.93. The van der Waals surface area contributed by atoms with Gasteiger partial charge in [-0.2, -0.15) is 0 Å². The number of aromatic nitrogens is 5. The van der Waals surface area contributed by atoms with Crippen LogP contribution < -0.4 is 4.74 Å². The first-order chi connectivity index (χ1) is 13.8. The summed E-state index contributed by atoms with van der Waals surface area (Å²) in [5.74, 6) is 0.788. The minimum atomic E-state index is -0.431. The first-order valence-corrected chi connectivity index (χ1v) is 8.46. The maximum Gasteiger partial charge on any atom is 0.338 e. The minimum Gasteiger partial charge on any atom is -0.457 e. The topological polar surface area (TPSA) is 92.0 Å². The molecule has 0 aliphatic heterocycles. The number of ether oxygens (including phenoxy) is 2. The fourth-order valence-corrected chi connectivity index (χ4v) is 2.51. The van der Waals surface area contributed by atoms with Gasteiger partial charge in [0, 0.05) is 11.8 Å². The number of tetrazole rings is 1. The molecule has 0 N–H and O–H groups in total. The number of benzene rings is 2. The van der Waals surface area contributed by atoms with E-state index < -0.39 is 5.97 Å². The lowest BCUT2D eigenvalue weighted by molar-refractivity contribution is 0.0471. The van der Waals surface area contributed by atoms with E-state index in [1.54, 1.807) is 42.7 Å². The normalized spacial score (nSPS) is 10.4. The van der Waals surface area contributed by atoms with Crippen molar-refractivity contribution in [3.8, 4) is 17.2 Å². The van der Waals surface area contributed by atoms with Crippen molar-refractivity contribution in [2.45, 2.75) is 6.61 Å². The van der Waals surface area contributed by atoms with Crippen LogP contribution in [0.3, 0.4) is 0 Å². The van der Waals surface area contributed by atoms with Crippen LogP contribution in [-0.2, 0) is 11.3 Å². The van der Waals surface area contributed by atoms with Crippen LogP contribution >= 0.6 is 0 Å². The van der Waals surface area contributed by atoms with Crippen molar-refractivity contribution in [3.63, 3.8) is 0 Å². The van der Waals surface area contributed by atoms with Crippen molar-refractivity contribution < 1.29 is 14.3 Å². The molecule has 2 aromatic heterocycles. The van der Waals surface area contributed by atoms with E-state index in [-0.39, 0.29) is 6.61 Å². The molecule has 0 saturated carbocycles. The van der Waals surface area contributed by atoms with Gasteiger partial charge in [0.05, 0.1) is 17.4 Å².